The van der Waals surface area contributed by atoms with Crippen molar-refractivity contribution < 1.29 is 18.0 Å². The predicted molar refractivity (Wildman–Crippen MR) is 139 cm³/mol. The monoisotopic (exact) mass is 516 g/mol. The van der Waals surface area contributed by atoms with E-state index in [9.17, 15) is 22.8 Å². The van der Waals surface area contributed by atoms with Crippen molar-refractivity contribution in [2.24, 2.45) is 5.92 Å². The van der Waals surface area contributed by atoms with Crippen molar-refractivity contribution in [2.75, 3.05) is 19.6 Å². The van der Waals surface area contributed by atoms with Crippen LogP contribution in [0.5, 0.6) is 0 Å². The largest absolute Gasteiger partial charge is 0.401 e. The molecule has 1 fully saturated rings. The fourth-order valence-electron chi connectivity index (χ4n) is 5.81. The first kappa shape index (κ1) is 27.0. The van der Waals surface area contributed by atoms with Crippen LogP contribution in [0, 0.1) is 19.8 Å². The fraction of sp³-hybridized carbons (Fsp3) is 0.500. The van der Waals surface area contributed by atoms with Crippen LogP contribution in [0.25, 0.3) is 10.9 Å². The van der Waals surface area contributed by atoms with E-state index in [1.54, 1.807) is 0 Å². The highest BCUT2D eigenvalue weighted by molar-refractivity contribution is 6.08. The molecule has 6 nitrogen and oxygen atoms in total. The van der Waals surface area contributed by atoms with Gasteiger partial charge in [-0.15, -0.1) is 0 Å². The van der Waals surface area contributed by atoms with Gasteiger partial charge < -0.3 is 14.9 Å². The molecule has 1 amide bonds. The molecule has 2 aromatic heterocycles. The number of carbonyl (C=O) groups is 1. The summed E-state index contributed by atoms with van der Waals surface area (Å²) in [5.74, 6) is -0.0465. The molecule has 1 aliphatic heterocycles. The van der Waals surface area contributed by atoms with Gasteiger partial charge in [0.25, 0.3) is 11.5 Å². The predicted octanol–water partition coefficient (Wildman–Crippen LogP) is 5.27. The first-order chi connectivity index (χ1) is 17.5. The Morgan fingerprint density at radius 1 is 1.19 bits per heavy atom. The lowest BCUT2D eigenvalue weighted by Crippen LogP contribution is -2.41. The number of halogens is 3. The number of aromatic amines is 1. The van der Waals surface area contributed by atoms with Crippen LogP contribution in [-0.2, 0) is 13.0 Å². The summed E-state index contributed by atoms with van der Waals surface area (Å²) in [5, 5.41) is 3.78. The molecule has 1 aliphatic rings. The summed E-state index contributed by atoms with van der Waals surface area (Å²) in [6.07, 6.45) is -2.16. The Balaban J connectivity index is 1.58. The standard InChI is InChI=1S/C28H35F3N4O2/c1-5-20-14-17(2)33-26(36)23(20)15-32-27(37)25-19(4)35(24-9-7-6-8-22(24)25)18(3)21-10-12-34(13-11-21)16-28(29,30)31/h6-9,14,18,21H,5,10-13,15-16H2,1-4H3,(H,32,37)(H,33,36). The number of pyridine rings is 1. The number of hydrogen-bond acceptors (Lipinski definition) is 3. The van der Waals surface area contributed by atoms with Crippen LogP contribution >= 0.6 is 0 Å². The Morgan fingerprint density at radius 3 is 2.51 bits per heavy atom. The number of benzene rings is 1. The molecule has 1 atom stereocenters. The van der Waals surface area contributed by atoms with E-state index in [1.165, 1.54) is 4.90 Å². The molecule has 1 saturated heterocycles. The highest BCUT2D eigenvalue weighted by atomic mass is 19.4. The number of aromatic nitrogens is 2. The summed E-state index contributed by atoms with van der Waals surface area (Å²) < 4.78 is 40.6. The molecule has 0 saturated carbocycles. The van der Waals surface area contributed by atoms with Crippen LogP contribution < -0.4 is 10.9 Å². The molecule has 4 rings (SSSR count). The van der Waals surface area contributed by atoms with Gasteiger partial charge in [-0.2, -0.15) is 13.2 Å². The molecule has 0 radical (unpaired) electrons. The summed E-state index contributed by atoms with van der Waals surface area (Å²) in [7, 11) is 0. The number of amides is 1. The number of alkyl halides is 3. The van der Waals surface area contributed by atoms with Gasteiger partial charge in [0.2, 0.25) is 0 Å². The summed E-state index contributed by atoms with van der Waals surface area (Å²) in [4.78, 5) is 30.3. The minimum Gasteiger partial charge on any atom is -0.348 e. The first-order valence-electron chi connectivity index (χ1n) is 12.9. The zero-order valence-electron chi connectivity index (χ0n) is 21.8. The van der Waals surface area contributed by atoms with Crippen molar-refractivity contribution in [3.63, 3.8) is 0 Å². The maximum absolute atomic E-state index is 13.5. The van der Waals surface area contributed by atoms with Crippen LogP contribution in [0.1, 0.15) is 65.6 Å². The average Bonchev–Trinajstić information content (AvgIpc) is 3.13. The van der Waals surface area contributed by atoms with Crippen LogP contribution in [-0.4, -0.2) is 46.2 Å². The zero-order chi connectivity index (χ0) is 26.9. The van der Waals surface area contributed by atoms with E-state index in [0.29, 0.717) is 43.5 Å². The molecule has 1 unspecified atom stereocenters. The van der Waals surface area contributed by atoms with Gasteiger partial charge in [-0.1, -0.05) is 25.1 Å². The number of carbonyl (C=O) groups excluding carboxylic acids is 1. The van der Waals surface area contributed by atoms with Gasteiger partial charge in [-0.05, 0) is 76.7 Å². The second kappa shape index (κ2) is 10.7. The molecule has 2 N–H and O–H groups in total. The maximum atomic E-state index is 13.5. The summed E-state index contributed by atoms with van der Waals surface area (Å²) in [5.41, 5.74) is 4.37. The van der Waals surface area contributed by atoms with Crippen LogP contribution in [0.15, 0.2) is 35.1 Å². The summed E-state index contributed by atoms with van der Waals surface area (Å²) >= 11 is 0. The molecule has 0 aliphatic carbocycles. The van der Waals surface area contributed by atoms with Gasteiger partial charge in [0, 0.05) is 40.4 Å². The minimum absolute atomic E-state index is 0.0196. The van der Waals surface area contributed by atoms with Crippen molar-refractivity contribution in [2.45, 2.75) is 65.7 Å². The topological polar surface area (TPSA) is 70.1 Å². The number of hydrogen-bond donors (Lipinski definition) is 2. The van der Waals surface area contributed by atoms with Crippen LogP contribution in [0.3, 0.4) is 0 Å². The fourth-order valence-corrected chi connectivity index (χ4v) is 5.81. The van der Waals surface area contributed by atoms with Gasteiger partial charge in [0.1, 0.15) is 0 Å². The molecule has 37 heavy (non-hydrogen) atoms. The Hall–Kier alpha value is -3.07. The number of nitrogens with one attached hydrogen (secondary N) is 2. The number of aryl methyl sites for hydroxylation is 2. The quantitative estimate of drug-likeness (QED) is 0.449. The second-order valence-corrected chi connectivity index (χ2v) is 10.1. The SMILES string of the molecule is CCc1cc(C)[nH]c(=O)c1CNC(=O)c1c(C)n(C(C)C2CCN(CC(F)(F)F)CC2)c2ccccc12. The number of piperidine rings is 1. The smallest absolute Gasteiger partial charge is 0.348 e. The highest BCUT2D eigenvalue weighted by Crippen LogP contribution is 2.36. The first-order valence-corrected chi connectivity index (χ1v) is 12.9. The third-order valence-corrected chi connectivity index (χ3v) is 7.68. The molecule has 3 aromatic rings. The number of nitrogens with zero attached hydrogens (tertiary/aromatic N) is 2. The van der Waals surface area contributed by atoms with Crippen molar-refractivity contribution in [3.05, 3.63) is 68.8 Å². The van der Waals surface area contributed by atoms with Gasteiger partial charge in [-0.25, -0.2) is 0 Å². The van der Waals surface area contributed by atoms with Crippen molar-refractivity contribution in [1.29, 1.82) is 0 Å². The van der Waals surface area contributed by atoms with E-state index in [2.05, 4.69) is 21.8 Å². The van der Waals surface area contributed by atoms with Crippen molar-refractivity contribution >= 4 is 16.8 Å². The number of para-hydroxylation sites is 1. The molecular formula is C28H35F3N4O2. The molecular weight excluding hydrogens is 481 g/mol. The van der Waals surface area contributed by atoms with E-state index >= 15 is 0 Å². The number of rotatable bonds is 7. The van der Waals surface area contributed by atoms with E-state index in [0.717, 1.165) is 27.9 Å². The molecule has 200 valence electrons. The number of H-pyrrole nitrogens is 1. The lowest BCUT2D eigenvalue weighted by atomic mass is 9.90. The second-order valence-electron chi connectivity index (χ2n) is 10.1. The normalized spacial score (nSPS) is 16.3. The molecule has 9 heteroatoms. The molecule has 0 bridgehead atoms. The maximum Gasteiger partial charge on any atom is 0.401 e. The van der Waals surface area contributed by atoms with Gasteiger partial charge in [0.05, 0.1) is 12.1 Å². The molecule has 0 spiro atoms. The minimum atomic E-state index is -4.19. The Morgan fingerprint density at radius 2 is 1.86 bits per heavy atom. The summed E-state index contributed by atoms with van der Waals surface area (Å²) in [6.45, 7) is 7.90. The van der Waals surface area contributed by atoms with E-state index in [-0.39, 0.29) is 30.0 Å². The third kappa shape index (κ3) is 5.76. The average molecular weight is 517 g/mol. The summed E-state index contributed by atoms with van der Waals surface area (Å²) in [6, 6.07) is 9.67. The number of fused-ring (bicyclic) bond motifs is 1. The van der Waals surface area contributed by atoms with Crippen molar-refractivity contribution in [1.82, 2.24) is 19.8 Å². The molecule has 3 heterocycles. The Labute approximate surface area is 214 Å². The van der Waals surface area contributed by atoms with Crippen molar-refractivity contribution in [3.8, 4) is 0 Å². The Kier molecular flexibility index (Phi) is 7.83. The van der Waals surface area contributed by atoms with Crippen LogP contribution in [0.2, 0.25) is 0 Å². The van der Waals surface area contributed by atoms with Gasteiger partial charge >= 0.3 is 6.18 Å². The van der Waals surface area contributed by atoms with E-state index < -0.39 is 12.7 Å². The lowest BCUT2D eigenvalue weighted by Gasteiger charge is -2.36. The zero-order valence-corrected chi connectivity index (χ0v) is 21.8. The van der Waals surface area contributed by atoms with E-state index in [4.69, 9.17) is 0 Å². The Bertz CT molecular complexity index is 1330. The third-order valence-electron chi connectivity index (χ3n) is 7.68. The lowest BCUT2D eigenvalue weighted by molar-refractivity contribution is -0.149. The van der Waals surface area contributed by atoms with Gasteiger partial charge in [0.15, 0.2) is 0 Å². The van der Waals surface area contributed by atoms with E-state index in [1.807, 2.05) is 51.1 Å². The highest BCUT2D eigenvalue weighted by Gasteiger charge is 2.34. The van der Waals surface area contributed by atoms with Crippen LogP contribution in [0.4, 0.5) is 13.2 Å². The number of likely N-dealkylation sites (tertiary alicyclic amines) is 1. The van der Waals surface area contributed by atoms with Gasteiger partial charge in [-0.3, -0.25) is 14.5 Å². The molecule has 1 aromatic carbocycles.